The van der Waals surface area contributed by atoms with Gasteiger partial charge in [-0.25, -0.2) is 0 Å². The van der Waals surface area contributed by atoms with Gasteiger partial charge in [0, 0.05) is 85.1 Å². The standard InChI is InChI=1S/C83H74B3N5O/c1-49-42-68-72-69(43-49)89(54-30-22-16-23-31-54)66-47-67-63(46-62(66)85(72)59-39-35-51(81(5,6)7)45-65(59)87(68)52-26-18-14-19-27-52)86-61-41-37-57(83(11,12)13)79-76(61)91-75-60(40-36-56(78(75)92-79)82(8,9)10)84-58-38-34-50(80(2,3)4)44-64(58)88(53-28-20-15-21-29-53)70-48-71(74(86)77(91)73(70)84)90(67)55-32-24-17-25-33-55/h14-48H,1-13H3. The van der Waals surface area contributed by atoms with Gasteiger partial charge in [0.05, 0.1) is 11.4 Å². The van der Waals surface area contributed by atoms with Gasteiger partial charge in [-0.1, -0.05) is 210 Å². The van der Waals surface area contributed by atoms with Gasteiger partial charge < -0.3 is 29.2 Å². The SMILES string of the molecule is Cc1cc2c3c(c1)N(c1ccccc1)c1cc4c(cc1B3c1ccc(C(C)(C)C)cc1N2c1ccccc1)B1c2ccc(C(C)(C)C)c3c2N2c5c(ccc(C(C)(C)C)c5O3)B3c5ccc(C(C)(C)C)cc5N(c5ccccc5)c5cc(c1c2c53)N4c1ccccc1. The van der Waals surface area contributed by atoms with Crippen molar-refractivity contribution in [1.82, 2.24) is 0 Å². The lowest BCUT2D eigenvalue weighted by atomic mass is 9.27. The van der Waals surface area contributed by atoms with Crippen LogP contribution in [0.2, 0.25) is 0 Å². The van der Waals surface area contributed by atoms with Crippen LogP contribution in [-0.4, -0.2) is 20.1 Å². The van der Waals surface area contributed by atoms with Gasteiger partial charge in [0.25, 0.3) is 20.1 Å². The van der Waals surface area contributed by atoms with E-state index in [1.54, 1.807) is 0 Å². The summed E-state index contributed by atoms with van der Waals surface area (Å²) in [7, 11) is 0. The van der Waals surface area contributed by atoms with Crippen LogP contribution in [0, 0.1) is 6.92 Å². The van der Waals surface area contributed by atoms with Gasteiger partial charge in [0.15, 0.2) is 11.5 Å². The summed E-state index contributed by atoms with van der Waals surface area (Å²) < 4.78 is 7.97. The van der Waals surface area contributed by atoms with Crippen LogP contribution in [0.3, 0.4) is 0 Å². The van der Waals surface area contributed by atoms with Gasteiger partial charge in [-0.3, -0.25) is 0 Å². The van der Waals surface area contributed by atoms with E-state index in [2.05, 4.69) is 327 Å². The Hall–Kier alpha value is -9.59. The molecule has 18 rings (SSSR count). The summed E-state index contributed by atoms with van der Waals surface area (Å²) in [5.74, 6) is 1.93. The van der Waals surface area contributed by atoms with Gasteiger partial charge in [0.2, 0.25) is 0 Å². The van der Waals surface area contributed by atoms with Crippen molar-refractivity contribution in [1.29, 1.82) is 0 Å². The molecule has 446 valence electrons. The van der Waals surface area contributed by atoms with Crippen LogP contribution in [-0.2, 0) is 21.7 Å². The Morgan fingerprint density at radius 3 is 0.967 bits per heavy atom. The fraction of sp³-hybridized carbons (Fsp3) is 0.205. The van der Waals surface area contributed by atoms with Crippen LogP contribution in [0.5, 0.6) is 11.5 Å². The first-order valence-electron chi connectivity index (χ1n) is 33.2. The van der Waals surface area contributed by atoms with E-state index in [1.807, 2.05) is 0 Å². The van der Waals surface area contributed by atoms with Crippen molar-refractivity contribution in [3.05, 3.63) is 240 Å². The summed E-state index contributed by atoms with van der Waals surface area (Å²) in [4.78, 5) is 13.2. The molecule has 7 aliphatic rings. The van der Waals surface area contributed by atoms with E-state index >= 15 is 0 Å². The highest BCUT2D eigenvalue weighted by Crippen LogP contribution is 2.60. The second-order valence-corrected chi connectivity index (χ2v) is 31.0. The number of anilines is 15. The summed E-state index contributed by atoms with van der Waals surface area (Å²) in [6.07, 6.45) is 0. The molecule has 0 saturated carbocycles. The second-order valence-electron chi connectivity index (χ2n) is 31.0. The molecule has 0 atom stereocenters. The maximum absolute atomic E-state index is 7.97. The number of hydrogen-bond donors (Lipinski definition) is 0. The molecule has 7 heterocycles. The average Bonchev–Trinajstić information content (AvgIpc) is 0.659. The number of aryl methyl sites for hydroxylation is 1. The van der Waals surface area contributed by atoms with E-state index < -0.39 is 0 Å². The molecule has 0 unspecified atom stereocenters. The molecule has 11 aromatic rings. The smallest absolute Gasteiger partial charge is 0.252 e. The Bertz CT molecular complexity index is 5000. The van der Waals surface area contributed by atoms with Gasteiger partial charge in [0.1, 0.15) is 0 Å². The number of rotatable bonds is 4. The molecule has 0 aliphatic carbocycles. The van der Waals surface area contributed by atoms with Gasteiger partial charge >= 0.3 is 0 Å². The van der Waals surface area contributed by atoms with E-state index in [-0.39, 0.29) is 41.8 Å². The maximum atomic E-state index is 7.97. The first kappa shape index (κ1) is 55.3. The Kier molecular flexibility index (Phi) is 11.3. The van der Waals surface area contributed by atoms with Gasteiger partial charge in [-0.05, 0) is 179 Å². The minimum absolute atomic E-state index is 0.0821. The van der Waals surface area contributed by atoms with Crippen LogP contribution in [0.15, 0.2) is 212 Å². The third-order valence-corrected chi connectivity index (χ3v) is 21.1. The highest BCUT2D eigenvalue weighted by Gasteiger charge is 2.56. The minimum atomic E-state index is -0.248. The van der Waals surface area contributed by atoms with E-state index in [4.69, 9.17) is 4.74 Å². The molecule has 0 amide bonds. The van der Waals surface area contributed by atoms with E-state index in [0.717, 1.165) is 39.9 Å². The topological polar surface area (TPSA) is 25.4 Å². The average molecular weight is 1190 g/mol. The monoisotopic (exact) mass is 1190 g/mol. The summed E-state index contributed by atoms with van der Waals surface area (Å²) in [6, 6.07) is 82.0. The number of hydrogen-bond acceptors (Lipinski definition) is 6. The lowest BCUT2D eigenvalue weighted by molar-refractivity contribution is 0.433. The normalized spacial score (nSPS) is 14.9. The number of para-hydroxylation sites is 4. The minimum Gasteiger partial charge on any atom is -0.452 e. The molecule has 0 bridgehead atoms. The molecule has 0 spiro atoms. The predicted molar refractivity (Wildman–Crippen MR) is 393 cm³/mol. The Balaban J connectivity index is 1.01. The summed E-state index contributed by atoms with van der Waals surface area (Å²) in [6.45, 7) is 30.0. The largest absolute Gasteiger partial charge is 0.452 e. The van der Waals surface area contributed by atoms with Gasteiger partial charge in [-0.15, -0.1) is 0 Å². The molecular formula is C83H74B3N5O. The number of fused-ring (bicyclic) bond motifs is 10. The highest BCUT2D eigenvalue weighted by atomic mass is 16.5. The molecular weight excluding hydrogens is 1120 g/mol. The Morgan fingerprint density at radius 2 is 0.598 bits per heavy atom. The van der Waals surface area contributed by atoms with Crippen LogP contribution in [0.1, 0.15) is 111 Å². The molecule has 0 saturated heterocycles. The molecule has 11 aromatic carbocycles. The molecule has 6 nitrogen and oxygen atoms in total. The Morgan fingerprint density at radius 1 is 0.272 bits per heavy atom. The zero-order valence-electron chi connectivity index (χ0n) is 55.1. The van der Waals surface area contributed by atoms with Crippen LogP contribution in [0.25, 0.3) is 0 Å². The number of ether oxygens (including phenoxy) is 1. The predicted octanol–water partition coefficient (Wildman–Crippen LogP) is 16.1. The van der Waals surface area contributed by atoms with Crippen LogP contribution < -0.4 is 78.4 Å². The highest BCUT2D eigenvalue weighted by molar-refractivity contribution is 7.06. The zero-order chi connectivity index (χ0) is 63.0. The third kappa shape index (κ3) is 7.59. The van der Waals surface area contributed by atoms with Gasteiger partial charge in [-0.2, -0.15) is 0 Å². The number of benzene rings is 11. The van der Waals surface area contributed by atoms with Crippen molar-refractivity contribution in [2.75, 3.05) is 24.5 Å². The maximum Gasteiger partial charge on any atom is 0.252 e. The van der Waals surface area contributed by atoms with Crippen molar-refractivity contribution in [3.8, 4) is 11.5 Å². The van der Waals surface area contributed by atoms with E-state index in [9.17, 15) is 0 Å². The van der Waals surface area contributed by atoms with Crippen LogP contribution in [0.4, 0.5) is 85.3 Å². The molecule has 0 radical (unpaired) electrons. The quantitative estimate of drug-likeness (QED) is 0.163. The molecule has 0 N–H and O–H groups in total. The first-order valence-corrected chi connectivity index (χ1v) is 33.2. The zero-order valence-corrected chi connectivity index (χ0v) is 55.1. The summed E-state index contributed by atoms with van der Waals surface area (Å²) in [5.41, 5.74) is 35.0. The summed E-state index contributed by atoms with van der Waals surface area (Å²) in [5, 5.41) is 0. The fourth-order valence-corrected chi connectivity index (χ4v) is 16.9. The van der Waals surface area contributed by atoms with Crippen molar-refractivity contribution in [2.45, 2.75) is 112 Å². The van der Waals surface area contributed by atoms with Crippen molar-refractivity contribution in [2.24, 2.45) is 0 Å². The lowest BCUT2D eigenvalue weighted by Crippen LogP contribution is -2.70. The fourth-order valence-electron chi connectivity index (χ4n) is 16.9. The van der Waals surface area contributed by atoms with Crippen LogP contribution >= 0.6 is 0 Å². The summed E-state index contributed by atoms with van der Waals surface area (Å²) >= 11 is 0. The molecule has 7 aliphatic heterocycles. The van der Waals surface area contributed by atoms with Crippen molar-refractivity contribution in [3.63, 3.8) is 0 Å². The number of nitrogens with zero attached hydrogens (tertiary/aromatic N) is 5. The first-order chi connectivity index (χ1) is 44.1. The Labute approximate surface area is 544 Å². The molecule has 0 fully saturated rings. The third-order valence-electron chi connectivity index (χ3n) is 21.1. The lowest BCUT2D eigenvalue weighted by Gasteiger charge is -2.53. The molecule has 0 aromatic heterocycles. The second kappa shape index (κ2) is 18.8. The molecule has 9 heteroatoms. The van der Waals surface area contributed by atoms with E-state index in [0.29, 0.717) is 0 Å². The van der Waals surface area contributed by atoms with E-state index in [1.165, 1.54) is 134 Å². The van der Waals surface area contributed by atoms with Crippen molar-refractivity contribution < 1.29 is 4.74 Å². The molecule has 92 heavy (non-hydrogen) atoms. The van der Waals surface area contributed by atoms with Crippen molar-refractivity contribution >= 4 is 155 Å².